The van der Waals surface area contributed by atoms with Gasteiger partial charge in [0.1, 0.15) is 0 Å². The fraction of sp³-hybridized carbons (Fsp3) is 0.562. The van der Waals surface area contributed by atoms with Crippen LogP contribution in [0.5, 0.6) is 0 Å². The molecule has 0 aliphatic carbocycles. The minimum atomic E-state index is 0.149. The third-order valence-corrected chi connectivity index (χ3v) is 3.64. The van der Waals surface area contributed by atoms with E-state index in [1.807, 2.05) is 12.1 Å². The van der Waals surface area contributed by atoms with E-state index in [1.54, 1.807) is 0 Å². The molecule has 1 fully saturated rings. The van der Waals surface area contributed by atoms with E-state index in [-0.39, 0.29) is 11.2 Å². The van der Waals surface area contributed by atoms with Gasteiger partial charge in [0.25, 0.3) is 0 Å². The highest BCUT2D eigenvalue weighted by Gasteiger charge is 2.17. The molecule has 1 aromatic carbocycles. The van der Waals surface area contributed by atoms with Crippen molar-refractivity contribution < 1.29 is 4.79 Å². The van der Waals surface area contributed by atoms with Gasteiger partial charge in [-0.05, 0) is 36.9 Å². The van der Waals surface area contributed by atoms with Crippen molar-refractivity contribution in [3.05, 3.63) is 35.4 Å². The summed E-state index contributed by atoms with van der Waals surface area (Å²) in [6.45, 7) is 9.29. The van der Waals surface area contributed by atoms with Gasteiger partial charge >= 0.3 is 0 Å². The van der Waals surface area contributed by atoms with E-state index in [1.165, 1.54) is 18.4 Å². The number of ketones is 1. The lowest BCUT2D eigenvalue weighted by atomic mass is 9.86. The van der Waals surface area contributed by atoms with Crippen molar-refractivity contribution in [2.24, 2.45) is 0 Å². The molecule has 1 aromatic rings. The monoisotopic (exact) mass is 245 g/mol. The van der Waals surface area contributed by atoms with Gasteiger partial charge in [-0.3, -0.25) is 9.69 Å². The van der Waals surface area contributed by atoms with E-state index in [0.29, 0.717) is 6.54 Å². The van der Waals surface area contributed by atoms with E-state index in [9.17, 15) is 4.79 Å². The van der Waals surface area contributed by atoms with Crippen LogP contribution in [-0.4, -0.2) is 30.3 Å². The second kappa shape index (κ2) is 5.23. The fourth-order valence-corrected chi connectivity index (χ4v) is 2.39. The first-order valence-corrected chi connectivity index (χ1v) is 6.83. The summed E-state index contributed by atoms with van der Waals surface area (Å²) < 4.78 is 0. The number of carbonyl (C=O) groups excluding carboxylic acids is 1. The summed E-state index contributed by atoms with van der Waals surface area (Å²) in [5.74, 6) is 0.248. The second-order valence-electron chi connectivity index (χ2n) is 6.23. The zero-order valence-electron chi connectivity index (χ0n) is 11.7. The third-order valence-electron chi connectivity index (χ3n) is 3.64. The Labute approximate surface area is 110 Å². The fourth-order valence-electron chi connectivity index (χ4n) is 2.39. The van der Waals surface area contributed by atoms with Gasteiger partial charge in [-0.1, -0.05) is 45.0 Å². The average molecular weight is 245 g/mol. The standard InChI is InChI=1S/C16H23NO/c1-16(2,3)14-8-6-13(7-9-14)15(18)12-17-10-4-5-11-17/h6-9H,4-5,10-12H2,1-3H3. The molecule has 0 spiro atoms. The molecule has 0 bridgehead atoms. The van der Waals surface area contributed by atoms with Crippen molar-refractivity contribution in [2.45, 2.75) is 39.0 Å². The number of hydrogen-bond acceptors (Lipinski definition) is 2. The smallest absolute Gasteiger partial charge is 0.176 e. The summed E-state index contributed by atoms with van der Waals surface area (Å²) in [7, 11) is 0. The normalized spacial score (nSPS) is 17.1. The summed E-state index contributed by atoms with van der Waals surface area (Å²) in [6, 6.07) is 8.10. The molecule has 0 unspecified atom stereocenters. The molecule has 1 aliphatic rings. The molecule has 0 N–H and O–H groups in total. The van der Waals surface area contributed by atoms with Crippen LogP contribution >= 0.6 is 0 Å². The minimum Gasteiger partial charge on any atom is -0.296 e. The number of likely N-dealkylation sites (tertiary alicyclic amines) is 1. The van der Waals surface area contributed by atoms with Crippen LogP contribution in [0.15, 0.2) is 24.3 Å². The van der Waals surface area contributed by atoms with Crippen molar-refractivity contribution >= 4 is 5.78 Å². The molecule has 18 heavy (non-hydrogen) atoms. The number of carbonyl (C=O) groups is 1. The Morgan fingerprint density at radius 2 is 1.67 bits per heavy atom. The number of rotatable bonds is 3. The van der Waals surface area contributed by atoms with Crippen LogP contribution in [0.3, 0.4) is 0 Å². The Balaban J connectivity index is 2.02. The van der Waals surface area contributed by atoms with Crippen LogP contribution < -0.4 is 0 Å². The zero-order valence-corrected chi connectivity index (χ0v) is 11.7. The van der Waals surface area contributed by atoms with Gasteiger partial charge in [0, 0.05) is 5.56 Å². The Bertz CT molecular complexity index is 408. The maximum absolute atomic E-state index is 12.1. The maximum atomic E-state index is 12.1. The highest BCUT2D eigenvalue weighted by molar-refractivity contribution is 5.97. The SMILES string of the molecule is CC(C)(C)c1ccc(C(=O)CN2CCCC2)cc1. The van der Waals surface area contributed by atoms with Crippen molar-refractivity contribution in [2.75, 3.05) is 19.6 Å². The van der Waals surface area contributed by atoms with Crippen molar-refractivity contribution in [3.8, 4) is 0 Å². The summed E-state index contributed by atoms with van der Waals surface area (Å²) in [6.07, 6.45) is 2.46. The molecule has 0 radical (unpaired) electrons. The number of nitrogens with zero attached hydrogens (tertiary/aromatic N) is 1. The van der Waals surface area contributed by atoms with E-state index in [4.69, 9.17) is 0 Å². The molecule has 1 saturated heterocycles. The molecule has 0 aromatic heterocycles. The van der Waals surface area contributed by atoms with Crippen molar-refractivity contribution in [3.63, 3.8) is 0 Å². The minimum absolute atomic E-state index is 0.149. The van der Waals surface area contributed by atoms with Crippen LogP contribution in [0.1, 0.15) is 49.5 Å². The van der Waals surface area contributed by atoms with Crippen LogP contribution in [0.2, 0.25) is 0 Å². The Morgan fingerprint density at radius 1 is 1.11 bits per heavy atom. The van der Waals surface area contributed by atoms with Crippen molar-refractivity contribution in [1.82, 2.24) is 4.90 Å². The van der Waals surface area contributed by atoms with E-state index < -0.39 is 0 Å². The first kappa shape index (κ1) is 13.3. The predicted octanol–water partition coefficient (Wildman–Crippen LogP) is 3.26. The lowest BCUT2D eigenvalue weighted by Gasteiger charge is -2.19. The quantitative estimate of drug-likeness (QED) is 0.762. The zero-order chi connectivity index (χ0) is 13.2. The Morgan fingerprint density at radius 3 is 2.17 bits per heavy atom. The summed E-state index contributed by atoms with van der Waals surface area (Å²) in [5, 5.41) is 0. The molecule has 98 valence electrons. The summed E-state index contributed by atoms with van der Waals surface area (Å²) >= 11 is 0. The topological polar surface area (TPSA) is 20.3 Å². The van der Waals surface area contributed by atoms with Gasteiger partial charge in [-0.15, -0.1) is 0 Å². The molecular formula is C16H23NO. The lowest BCUT2D eigenvalue weighted by Crippen LogP contribution is -2.26. The van der Waals surface area contributed by atoms with E-state index in [2.05, 4.69) is 37.8 Å². The van der Waals surface area contributed by atoms with Gasteiger partial charge in [-0.25, -0.2) is 0 Å². The van der Waals surface area contributed by atoms with Crippen LogP contribution in [0.25, 0.3) is 0 Å². The first-order valence-electron chi connectivity index (χ1n) is 6.83. The molecule has 1 heterocycles. The Hall–Kier alpha value is -1.15. The molecule has 0 amide bonds. The molecule has 0 atom stereocenters. The summed E-state index contributed by atoms with van der Waals surface area (Å²) in [4.78, 5) is 14.4. The van der Waals surface area contributed by atoms with Crippen molar-refractivity contribution in [1.29, 1.82) is 0 Å². The number of hydrogen-bond donors (Lipinski definition) is 0. The molecule has 2 nitrogen and oxygen atoms in total. The molecular weight excluding hydrogens is 222 g/mol. The largest absolute Gasteiger partial charge is 0.296 e. The maximum Gasteiger partial charge on any atom is 0.176 e. The van der Waals surface area contributed by atoms with Gasteiger partial charge in [-0.2, -0.15) is 0 Å². The highest BCUT2D eigenvalue weighted by atomic mass is 16.1. The third kappa shape index (κ3) is 3.20. The summed E-state index contributed by atoms with van der Waals surface area (Å²) in [5.41, 5.74) is 2.27. The molecule has 2 rings (SSSR count). The number of Topliss-reactive ketones (excluding diaryl/α,β-unsaturated/α-hetero) is 1. The van der Waals surface area contributed by atoms with Crippen LogP contribution in [0, 0.1) is 0 Å². The molecule has 2 heteroatoms. The van der Waals surface area contributed by atoms with E-state index >= 15 is 0 Å². The Kier molecular flexibility index (Phi) is 3.86. The average Bonchev–Trinajstić information content (AvgIpc) is 2.81. The van der Waals surface area contributed by atoms with Crippen LogP contribution in [0.4, 0.5) is 0 Å². The van der Waals surface area contributed by atoms with Gasteiger partial charge in [0.2, 0.25) is 0 Å². The van der Waals surface area contributed by atoms with E-state index in [0.717, 1.165) is 18.7 Å². The molecule has 1 aliphatic heterocycles. The van der Waals surface area contributed by atoms with Crippen LogP contribution in [-0.2, 0) is 5.41 Å². The molecule has 0 saturated carbocycles. The lowest BCUT2D eigenvalue weighted by molar-refractivity contribution is 0.0945. The van der Waals surface area contributed by atoms with Gasteiger partial charge in [0.15, 0.2) is 5.78 Å². The second-order valence-corrected chi connectivity index (χ2v) is 6.23. The first-order chi connectivity index (χ1) is 8.47. The van der Waals surface area contributed by atoms with Gasteiger partial charge in [0.05, 0.1) is 6.54 Å². The number of benzene rings is 1. The highest BCUT2D eigenvalue weighted by Crippen LogP contribution is 2.22. The van der Waals surface area contributed by atoms with Gasteiger partial charge < -0.3 is 0 Å². The predicted molar refractivity (Wildman–Crippen MR) is 75.1 cm³/mol.